The summed E-state index contributed by atoms with van der Waals surface area (Å²) in [5.74, 6) is -0.0851. The molecule has 266 valence electrons. The molecule has 2 nitrogen and oxygen atoms in total. The second-order valence-corrected chi connectivity index (χ2v) is 16.9. The van der Waals surface area contributed by atoms with Crippen molar-refractivity contribution < 1.29 is 27.0 Å². The van der Waals surface area contributed by atoms with Crippen molar-refractivity contribution in [1.29, 1.82) is 0 Å². The zero-order valence-electron chi connectivity index (χ0n) is 28.8. The first kappa shape index (κ1) is 35.5. The van der Waals surface area contributed by atoms with Crippen molar-refractivity contribution in [3.8, 4) is 22.6 Å². The Balaban J connectivity index is 1.24. The van der Waals surface area contributed by atoms with Gasteiger partial charge in [0.05, 0.1) is 0 Å². The first-order chi connectivity index (χ1) is 26.4. The van der Waals surface area contributed by atoms with Crippen LogP contribution in [-0.2, 0) is 0 Å². The van der Waals surface area contributed by atoms with Gasteiger partial charge in [-0.05, 0) is 119 Å². The van der Waals surface area contributed by atoms with E-state index in [0.717, 1.165) is 53.9 Å². The molecule has 0 aliphatic heterocycles. The van der Waals surface area contributed by atoms with E-state index in [1.807, 2.05) is 48.5 Å². The predicted octanol–water partition coefficient (Wildman–Crippen LogP) is 11.2. The Labute approximate surface area is 313 Å². The molecular weight excluding hydrogens is 722 g/mol. The molecule has 0 saturated heterocycles. The second kappa shape index (κ2) is 15.8. The van der Waals surface area contributed by atoms with Crippen LogP contribution < -0.4 is 30.7 Å². The molecule has 0 N–H and O–H groups in total. The van der Waals surface area contributed by atoms with Crippen molar-refractivity contribution in [1.82, 2.24) is 0 Å². The molecule has 0 fully saturated rings. The highest BCUT2D eigenvalue weighted by Crippen LogP contribution is 2.47. The smallest absolute Gasteiger partial charge is 0.128 e. The van der Waals surface area contributed by atoms with E-state index in [1.165, 1.54) is 48.5 Å². The van der Waals surface area contributed by atoms with Crippen LogP contribution in [0.2, 0.25) is 0 Å². The minimum atomic E-state index is -1.18. The van der Waals surface area contributed by atoms with Crippen molar-refractivity contribution in [3.63, 3.8) is 0 Å². The van der Waals surface area contributed by atoms with Gasteiger partial charge in [-0.3, -0.25) is 0 Å². The summed E-state index contributed by atoms with van der Waals surface area (Å²) in [6, 6.07) is 49.7. The van der Waals surface area contributed by atoms with E-state index in [-0.39, 0.29) is 36.0 Å². The molecule has 0 radical (unpaired) electrons. The van der Waals surface area contributed by atoms with Gasteiger partial charge < -0.3 is 9.47 Å². The number of hydrogen-bond acceptors (Lipinski definition) is 2. The van der Waals surface area contributed by atoms with Gasteiger partial charge in [-0.1, -0.05) is 109 Å². The van der Waals surface area contributed by atoms with Crippen LogP contribution in [0, 0.1) is 23.3 Å². The van der Waals surface area contributed by atoms with E-state index in [9.17, 15) is 17.6 Å². The average Bonchev–Trinajstić information content (AvgIpc) is 3.20. The molecule has 0 spiro atoms. The van der Waals surface area contributed by atoms with Gasteiger partial charge in [-0.2, -0.15) is 0 Å². The molecule has 0 unspecified atom stereocenters. The molecule has 0 aliphatic carbocycles. The quantitative estimate of drug-likeness (QED) is 0.0967. The van der Waals surface area contributed by atoms with E-state index < -0.39 is 15.8 Å². The van der Waals surface area contributed by atoms with Gasteiger partial charge in [0.2, 0.25) is 0 Å². The van der Waals surface area contributed by atoms with Gasteiger partial charge in [0.15, 0.2) is 0 Å². The highest BCUT2D eigenvalue weighted by Gasteiger charge is 2.23. The lowest BCUT2D eigenvalue weighted by atomic mass is 9.92. The topological polar surface area (TPSA) is 18.5 Å². The lowest BCUT2D eigenvalue weighted by Crippen LogP contribution is -2.17. The van der Waals surface area contributed by atoms with Crippen LogP contribution >= 0.6 is 15.8 Å². The maximum absolute atomic E-state index is 14.0. The average molecular weight is 755 g/mol. The second-order valence-electron chi connectivity index (χ2n) is 12.6. The van der Waals surface area contributed by atoms with Gasteiger partial charge in [0.25, 0.3) is 0 Å². The Morgan fingerprint density at radius 1 is 0.333 bits per heavy atom. The molecule has 0 amide bonds. The van der Waals surface area contributed by atoms with Crippen LogP contribution in [0.4, 0.5) is 17.6 Å². The fourth-order valence-electron chi connectivity index (χ4n) is 6.61. The Morgan fingerprint density at radius 3 is 0.944 bits per heavy atom. The maximum atomic E-state index is 14.0. The minimum absolute atomic E-state index is 0.249. The van der Waals surface area contributed by atoms with Gasteiger partial charge >= 0.3 is 0 Å². The van der Waals surface area contributed by atoms with Crippen LogP contribution in [0.3, 0.4) is 0 Å². The zero-order chi connectivity index (χ0) is 37.0. The van der Waals surface area contributed by atoms with E-state index in [1.54, 1.807) is 48.5 Å². The molecule has 0 aliphatic rings. The number of rotatable bonds is 11. The number of benzene rings is 8. The van der Waals surface area contributed by atoms with E-state index >= 15 is 0 Å². The van der Waals surface area contributed by atoms with E-state index in [4.69, 9.17) is 9.47 Å². The van der Waals surface area contributed by atoms with Crippen molar-refractivity contribution >= 4 is 58.6 Å². The SMILES string of the molecule is Fc1ccc(P(COc2ccc3ccccc3c2-c2c(OCP(c3ccc(F)cc3)c3ccc(F)cc3)ccc3ccccc23)c2ccc(F)cc2)cc1. The normalized spacial score (nSPS) is 11.4. The summed E-state index contributed by atoms with van der Waals surface area (Å²) >= 11 is 0. The van der Waals surface area contributed by atoms with Crippen molar-refractivity contribution in [2.24, 2.45) is 0 Å². The Hall–Kier alpha value is -5.54. The number of halogens is 4. The molecule has 54 heavy (non-hydrogen) atoms. The largest absolute Gasteiger partial charge is 0.488 e. The molecule has 0 bridgehead atoms. The molecule has 0 heterocycles. The third kappa shape index (κ3) is 7.59. The third-order valence-electron chi connectivity index (χ3n) is 9.28. The number of ether oxygens (including phenoxy) is 2. The molecule has 8 heteroatoms. The summed E-state index contributed by atoms with van der Waals surface area (Å²) in [6.45, 7) is 0. The van der Waals surface area contributed by atoms with Gasteiger partial charge in [-0.15, -0.1) is 0 Å². The molecule has 8 rings (SSSR count). The molecule has 8 aromatic rings. The van der Waals surface area contributed by atoms with E-state index in [0.29, 0.717) is 11.5 Å². The number of fused-ring (bicyclic) bond motifs is 2. The fourth-order valence-corrected chi connectivity index (χ4v) is 10.4. The van der Waals surface area contributed by atoms with Gasteiger partial charge in [0.1, 0.15) is 47.5 Å². The Kier molecular flexibility index (Phi) is 10.4. The van der Waals surface area contributed by atoms with Crippen LogP contribution in [-0.4, -0.2) is 12.7 Å². The lowest BCUT2D eigenvalue weighted by Gasteiger charge is -2.24. The summed E-state index contributed by atoms with van der Waals surface area (Å²) < 4.78 is 69.8. The number of hydrogen-bond donors (Lipinski definition) is 0. The van der Waals surface area contributed by atoms with Gasteiger partial charge in [-0.25, -0.2) is 17.6 Å². The van der Waals surface area contributed by atoms with Crippen molar-refractivity contribution in [2.45, 2.75) is 0 Å². The first-order valence-electron chi connectivity index (χ1n) is 17.3. The van der Waals surface area contributed by atoms with Crippen LogP contribution in [0.25, 0.3) is 32.7 Å². The Bertz CT molecular complexity index is 2270. The highest BCUT2D eigenvalue weighted by atomic mass is 31.1. The summed E-state index contributed by atoms with van der Waals surface area (Å²) in [4.78, 5) is 0. The van der Waals surface area contributed by atoms with Crippen molar-refractivity contribution in [2.75, 3.05) is 12.7 Å². The predicted molar refractivity (Wildman–Crippen MR) is 216 cm³/mol. The summed E-state index contributed by atoms with van der Waals surface area (Å²) in [6.07, 6.45) is 0.499. The van der Waals surface area contributed by atoms with Crippen molar-refractivity contribution in [3.05, 3.63) is 193 Å². The Morgan fingerprint density at radius 2 is 0.630 bits per heavy atom. The van der Waals surface area contributed by atoms with Gasteiger partial charge in [0, 0.05) is 11.1 Å². The highest BCUT2D eigenvalue weighted by molar-refractivity contribution is 7.73. The minimum Gasteiger partial charge on any atom is -0.488 e. The lowest BCUT2D eigenvalue weighted by molar-refractivity contribution is 0.386. The molecule has 0 aromatic heterocycles. The van der Waals surface area contributed by atoms with Crippen LogP contribution in [0.5, 0.6) is 11.5 Å². The zero-order valence-corrected chi connectivity index (χ0v) is 30.6. The summed E-state index contributed by atoms with van der Waals surface area (Å²) in [5, 5.41) is 7.52. The molecular formula is C46H32F4O2P2. The van der Waals surface area contributed by atoms with E-state index in [2.05, 4.69) is 24.3 Å². The standard InChI is InChI=1S/C46H32F4O2P2/c47-33-11-19-37(20-12-33)53(38-21-13-34(48)14-22-38)29-51-43-27-9-31-5-1-3-7-41(31)45(43)46-42-8-4-2-6-32(42)10-28-44(46)52-30-54(39-23-15-35(49)16-24-39)40-25-17-36(50)18-26-40/h1-28H,29-30H2. The maximum Gasteiger partial charge on any atom is 0.128 e. The van der Waals surface area contributed by atoms with Crippen LogP contribution in [0.1, 0.15) is 0 Å². The molecule has 0 atom stereocenters. The third-order valence-corrected chi connectivity index (χ3v) is 13.7. The first-order valence-corrected chi connectivity index (χ1v) is 20.3. The van der Waals surface area contributed by atoms with Crippen LogP contribution in [0.15, 0.2) is 170 Å². The molecule has 0 saturated carbocycles. The fraction of sp³-hybridized carbons (Fsp3) is 0.0435. The summed E-state index contributed by atoms with van der Waals surface area (Å²) in [7, 11) is -2.35. The monoisotopic (exact) mass is 754 g/mol. The molecule has 8 aromatic carbocycles. The summed E-state index contributed by atoms with van der Waals surface area (Å²) in [5.41, 5.74) is 1.70.